The molecule has 11 atom stereocenters. The first-order valence-corrected chi connectivity index (χ1v) is 31.8. The maximum atomic E-state index is 13.1. The van der Waals surface area contributed by atoms with Gasteiger partial charge in [0.1, 0.15) is 54.9 Å². The average Bonchev–Trinajstić information content (AvgIpc) is 3.46. The third-order valence-electron chi connectivity index (χ3n) is 14.6. The number of carbonyl (C=O) groups is 1. The zero-order valence-electron chi connectivity index (χ0n) is 50.2. The summed E-state index contributed by atoms with van der Waals surface area (Å²) in [5.41, 5.74) is 0. The number of carbonyl (C=O) groups excluding carboxylic acids is 1. The molecule has 2 fully saturated rings. The number of aliphatic hydroxyl groups excluding tert-OH is 7. The molecule has 0 radical (unpaired) electrons. The predicted octanol–water partition coefficient (Wildman–Crippen LogP) is 12.5. The second-order valence-electron chi connectivity index (χ2n) is 21.8. The Labute approximate surface area is 490 Å². The molecule has 2 aliphatic heterocycles. The number of hydrogen-bond donors (Lipinski definition) is 7. The molecule has 0 bridgehead atoms. The first-order valence-electron chi connectivity index (χ1n) is 31.8. The summed E-state index contributed by atoms with van der Waals surface area (Å²) in [6, 6.07) is 0. The summed E-state index contributed by atoms with van der Waals surface area (Å²) in [6.07, 6.45) is 54.7. The van der Waals surface area contributed by atoms with Gasteiger partial charge in [-0.3, -0.25) is 4.79 Å². The van der Waals surface area contributed by atoms with Gasteiger partial charge in [0.25, 0.3) is 0 Å². The van der Waals surface area contributed by atoms with E-state index < -0.39 is 86.7 Å². The molecule has 7 N–H and O–H groups in total. The zero-order valence-corrected chi connectivity index (χ0v) is 50.2. The fraction of sp³-hybridized carbons (Fsp3) is 0.746. The Morgan fingerprint density at radius 3 is 1.27 bits per heavy atom. The quantitative estimate of drug-likeness (QED) is 0.0172. The van der Waals surface area contributed by atoms with Crippen LogP contribution in [0.15, 0.2) is 97.2 Å². The smallest absolute Gasteiger partial charge is 0.306 e. The molecule has 0 amide bonds. The van der Waals surface area contributed by atoms with Crippen molar-refractivity contribution >= 4 is 5.97 Å². The number of aliphatic hydroxyl groups is 7. The molecular formula is C67H114O14. The predicted molar refractivity (Wildman–Crippen MR) is 325 cm³/mol. The van der Waals surface area contributed by atoms with Gasteiger partial charge in [-0.05, 0) is 96.3 Å². The number of unbranched alkanes of at least 4 members (excludes halogenated alkanes) is 21. The van der Waals surface area contributed by atoms with Crippen LogP contribution in [0.4, 0.5) is 0 Å². The van der Waals surface area contributed by atoms with Crippen molar-refractivity contribution < 1.29 is 69.0 Å². The lowest BCUT2D eigenvalue weighted by molar-refractivity contribution is -0.332. The standard InChI is InChI=1S/C67H114O14/c1-3-5-7-9-11-13-15-17-19-21-23-25-27-29-31-33-35-37-39-41-43-45-47-49-51-76-53-56(54-77-66-65(75)63(73)61(71)58(81-66)55-78-67-64(74)62(72)60(70)57(52-68)80-67)79-59(69)50-48-46-44-42-40-38-36-34-32-30-28-26-24-22-20-18-16-14-12-10-8-6-4-2/h5,7,11,13,17,19,22-25,29,31,35,37,41,43,56-58,60-68,70-75H,3-4,6,8-10,12,14-16,18,20-21,26-28,30,32-34,36,38-40,42,44-55H2,1-2H3/b7-5-,13-11-,19-17-,24-22-,25-23-,31-29-,37-35-,43-41-. The van der Waals surface area contributed by atoms with Crippen LogP contribution in [0.2, 0.25) is 0 Å². The van der Waals surface area contributed by atoms with Gasteiger partial charge in [0.05, 0.1) is 26.4 Å². The van der Waals surface area contributed by atoms with Crippen LogP contribution >= 0.6 is 0 Å². The summed E-state index contributed by atoms with van der Waals surface area (Å²) in [4.78, 5) is 13.1. The molecular weight excluding hydrogens is 1030 g/mol. The van der Waals surface area contributed by atoms with Crippen LogP contribution in [0.25, 0.3) is 0 Å². The van der Waals surface area contributed by atoms with E-state index in [2.05, 4.69) is 111 Å². The second kappa shape index (κ2) is 52.5. The van der Waals surface area contributed by atoms with Gasteiger partial charge >= 0.3 is 5.97 Å². The SMILES string of the molecule is CC/C=C\C/C=C\C/C=C\C/C=C\C/C=C\C/C=C\C/C=C\CCCCOCC(COC1OC(COC2OC(CO)C(O)C(O)C2O)C(O)C(O)C1O)OC(=O)CCCCCCCCCCCCC/C=C\CCCCCCCCCC. The topological polar surface area (TPSA) is 214 Å². The minimum Gasteiger partial charge on any atom is -0.457 e. The van der Waals surface area contributed by atoms with Crippen molar-refractivity contribution in [3.63, 3.8) is 0 Å². The van der Waals surface area contributed by atoms with Crippen LogP contribution in [-0.4, -0.2) is 142 Å². The maximum absolute atomic E-state index is 13.1. The second-order valence-corrected chi connectivity index (χ2v) is 21.8. The summed E-state index contributed by atoms with van der Waals surface area (Å²) in [5.74, 6) is -0.394. The lowest BCUT2D eigenvalue weighted by Gasteiger charge is -2.42. The molecule has 0 aromatic rings. The van der Waals surface area contributed by atoms with Crippen molar-refractivity contribution in [3.8, 4) is 0 Å². The first kappa shape index (κ1) is 74.0. The van der Waals surface area contributed by atoms with Crippen molar-refractivity contribution in [2.45, 2.75) is 287 Å². The van der Waals surface area contributed by atoms with Gasteiger partial charge in [-0.15, -0.1) is 0 Å². The Kier molecular flexibility index (Phi) is 47.9. The highest BCUT2D eigenvalue weighted by atomic mass is 16.7. The third-order valence-corrected chi connectivity index (χ3v) is 14.6. The Balaban J connectivity index is 1.71. The molecule has 0 spiro atoms. The number of allylic oxidation sites excluding steroid dienone is 16. The van der Waals surface area contributed by atoms with Crippen LogP contribution in [0.3, 0.4) is 0 Å². The van der Waals surface area contributed by atoms with Crippen molar-refractivity contribution in [2.24, 2.45) is 0 Å². The molecule has 2 rings (SSSR count). The van der Waals surface area contributed by atoms with Gasteiger partial charge in [0, 0.05) is 13.0 Å². The van der Waals surface area contributed by atoms with Gasteiger partial charge in [-0.2, -0.15) is 0 Å². The first-order chi connectivity index (χ1) is 39.6. The van der Waals surface area contributed by atoms with E-state index in [9.17, 15) is 40.5 Å². The molecule has 14 nitrogen and oxygen atoms in total. The summed E-state index contributed by atoms with van der Waals surface area (Å²) in [5, 5.41) is 72.5. The molecule has 2 heterocycles. The highest BCUT2D eigenvalue weighted by Crippen LogP contribution is 2.27. The summed E-state index contributed by atoms with van der Waals surface area (Å²) >= 11 is 0. The van der Waals surface area contributed by atoms with Crippen molar-refractivity contribution in [1.82, 2.24) is 0 Å². The van der Waals surface area contributed by atoms with E-state index in [-0.39, 0.29) is 19.6 Å². The maximum Gasteiger partial charge on any atom is 0.306 e. The minimum absolute atomic E-state index is 0.0261. The van der Waals surface area contributed by atoms with E-state index in [1.807, 2.05) is 0 Å². The fourth-order valence-corrected chi connectivity index (χ4v) is 9.50. The largest absolute Gasteiger partial charge is 0.457 e. The van der Waals surface area contributed by atoms with E-state index in [1.165, 1.54) is 109 Å². The van der Waals surface area contributed by atoms with Gasteiger partial charge in [0.2, 0.25) is 0 Å². The van der Waals surface area contributed by atoms with Crippen LogP contribution in [-0.2, 0) is 33.2 Å². The van der Waals surface area contributed by atoms with Gasteiger partial charge in [-0.1, -0.05) is 214 Å². The normalized spacial score (nSPS) is 24.4. The Bertz CT molecular complexity index is 1710. The van der Waals surface area contributed by atoms with E-state index in [0.717, 1.165) is 83.5 Å². The zero-order chi connectivity index (χ0) is 58.6. The molecule has 0 aliphatic carbocycles. The van der Waals surface area contributed by atoms with Crippen LogP contribution in [0.1, 0.15) is 219 Å². The summed E-state index contributed by atoms with van der Waals surface area (Å²) in [6.45, 7) is 3.47. The third kappa shape index (κ3) is 38.5. The average molecular weight is 1140 g/mol. The number of hydrogen-bond acceptors (Lipinski definition) is 14. The van der Waals surface area contributed by atoms with Crippen LogP contribution < -0.4 is 0 Å². The van der Waals surface area contributed by atoms with Crippen molar-refractivity contribution in [3.05, 3.63) is 97.2 Å². The number of ether oxygens (including phenoxy) is 6. The van der Waals surface area contributed by atoms with Gasteiger partial charge < -0.3 is 64.2 Å². The van der Waals surface area contributed by atoms with E-state index in [0.29, 0.717) is 13.0 Å². The van der Waals surface area contributed by atoms with Crippen molar-refractivity contribution in [2.75, 3.05) is 33.0 Å². The van der Waals surface area contributed by atoms with Gasteiger partial charge in [0.15, 0.2) is 12.6 Å². The molecule has 14 heteroatoms. The summed E-state index contributed by atoms with van der Waals surface area (Å²) < 4.78 is 34.4. The van der Waals surface area contributed by atoms with E-state index in [1.54, 1.807) is 0 Å². The molecule has 0 aromatic carbocycles. The van der Waals surface area contributed by atoms with E-state index >= 15 is 0 Å². The molecule has 2 saturated heterocycles. The molecule has 0 aromatic heterocycles. The highest BCUT2D eigenvalue weighted by Gasteiger charge is 2.47. The molecule has 0 saturated carbocycles. The minimum atomic E-state index is -1.72. The lowest BCUT2D eigenvalue weighted by atomic mass is 9.98. The number of rotatable bonds is 51. The lowest BCUT2D eigenvalue weighted by Crippen LogP contribution is -2.61. The highest BCUT2D eigenvalue weighted by molar-refractivity contribution is 5.69. The van der Waals surface area contributed by atoms with Crippen LogP contribution in [0, 0.1) is 0 Å². The molecule has 11 unspecified atom stereocenters. The Morgan fingerprint density at radius 1 is 0.420 bits per heavy atom. The molecule has 466 valence electrons. The Morgan fingerprint density at radius 2 is 0.802 bits per heavy atom. The van der Waals surface area contributed by atoms with Crippen LogP contribution in [0.5, 0.6) is 0 Å². The molecule has 2 aliphatic rings. The Hall–Kier alpha value is -3.09. The van der Waals surface area contributed by atoms with Gasteiger partial charge in [-0.25, -0.2) is 0 Å². The fourth-order valence-electron chi connectivity index (χ4n) is 9.50. The van der Waals surface area contributed by atoms with E-state index in [4.69, 9.17) is 28.4 Å². The summed E-state index contributed by atoms with van der Waals surface area (Å²) in [7, 11) is 0. The molecule has 81 heavy (non-hydrogen) atoms. The van der Waals surface area contributed by atoms with Crippen molar-refractivity contribution in [1.29, 1.82) is 0 Å². The number of esters is 1. The monoisotopic (exact) mass is 1140 g/mol.